The van der Waals surface area contributed by atoms with Crippen molar-refractivity contribution in [3.63, 3.8) is 0 Å². The molecule has 0 saturated heterocycles. The van der Waals surface area contributed by atoms with Crippen LogP contribution in [-0.2, 0) is 6.54 Å². The topological polar surface area (TPSA) is 91.2 Å². The van der Waals surface area contributed by atoms with Crippen LogP contribution < -0.4 is 14.8 Å². The van der Waals surface area contributed by atoms with Crippen LogP contribution in [0.2, 0.25) is 0 Å². The summed E-state index contributed by atoms with van der Waals surface area (Å²) in [7, 11) is 2.96. The van der Waals surface area contributed by atoms with Crippen molar-refractivity contribution in [2.24, 2.45) is 0 Å². The van der Waals surface area contributed by atoms with Crippen molar-refractivity contribution in [2.75, 3.05) is 14.2 Å². The van der Waals surface area contributed by atoms with Gasteiger partial charge in [-0.1, -0.05) is 6.07 Å². The van der Waals surface area contributed by atoms with E-state index in [2.05, 4.69) is 20.8 Å². The number of amides is 1. The number of hydrogen-bond acceptors (Lipinski definition) is 6. The Balaban J connectivity index is 1.77. The highest BCUT2D eigenvalue weighted by Crippen LogP contribution is 2.30. The van der Waals surface area contributed by atoms with Gasteiger partial charge in [-0.2, -0.15) is 4.68 Å². The molecule has 3 aromatic rings. The number of benzene rings is 2. The van der Waals surface area contributed by atoms with Crippen LogP contribution in [0.3, 0.4) is 0 Å². The third kappa shape index (κ3) is 3.46. The fourth-order valence-corrected chi connectivity index (χ4v) is 2.42. The number of halogens is 1. The second-order valence-corrected chi connectivity index (χ2v) is 5.21. The molecule has 2 aromatic carbocycles. The lowest BCUT2D eigenvalue weighted by Crippen LogP contribution is -2.25. The standard InChI is InChI=1S/C17H16FN5O3/c1-25-14-5-3-4-13(16(14)26-2)17(24)19-10-15-20-21-22-23(15)12-8-6-11(18)7-9-12/h3-9H,10H2,1-2H3,(H,19,24). The number of carbonyl (C=O) groups excluding carboxylic acids is 1. The molecule has 134 valence electrons. The predicted octanol–water partition coefficient (Wildman–Crippen LogP) is 1.75. The fourth-order valence-electron chi connectivity index (χ4n) is 2.42. The number of carbonyl (C=O) groups is 1. The molecule has 0 spiro atoms. The van der Waals surface area contributed by atoms with Crippen LogP contribution in [0, 0.1) is 5.82 Å². The summed E-state index contributed by atoms with van der Waals surface area (Å²) in [5.74, 6) is 0.463. The van der Waals surface area contributed by atoms with Gasteiger partial charge < -0.3 is 14.8 Å². The van der Waals surface area contributed by atoms with Gasteiger partial charge in [-0.25, -0.2) is 4.39 Å². The molecule has 0 atom stereocenters. The Hall–Kier alpha value is -3.49. The number of nitrogens with zero attached hydrogens (tertiary/aromatic N) is 4. The zero-order chi connectivity index (χ0) is 18.5. The van der Waals surface area contributed by atoms with Gasteiger partial charge in [0.05, 0.1) is 32.0 Å². The van der Waals surface area contributed by atoms with Gasteiger partial charge in [0.2, 0.25) is 0 Å². The summed E-state index contributed by atoms with van der Waals surface area (Å²) >= 11 is 0. The van der Waals surface area contributed by atoms with Crippen molar-refractivity contribution in [1.29, 1.82) is 0 Å². The van der Waals surface area contributed by atoms with Crippen LogP contribution >= 0.6 is 0 Å². The zero-order valence-electron chi connectivity index (χ0n) is 14.1. The van der Waals surface area contributed by atoms with Gasteiger partial charge in [-0.15, -0.1) is 5.10 Å². The lowest BCUT2D eigenvalue weighted by Gasteiger charge is -2.12. The Morgan fingerprint density at radius 3 is 2.62 bits per heavy atom. The summed E-state index contributed by atoms with van der Waals surface area (Å²) in [6.07, 6.45) is 0. The minimum absolute atomic E-state index is 0.0730. The van der Waals surface area contributed by atoms with E-state index in [0.29, 0.717) is 28.6 Å². The number of tetrazole rings is 1. The van der Waals surface area contributed by atoms with E-state index in [-0.39, 0.29) is 18.3 Å². The molecule has 3 rings (SSSR count). The van der Waals surface area contributed by atoms with E-state index in [0.717, 1.165) is 0 Å². The Bertz CT molecular complexity index is 911. The Kier molecular flexibility index (Phi) is 5.07. The molecular weight excluding hydrogens is 341 g/mol. The second kappa shape index (κ2) is 7.60. The summed E-state index contributed by atoms with van der Waals surface area (Å²) < 4.78 is 24.9. The summed E-state index contributed by atoms with van der Waals surface area (Å²) in [5, 5.41) is 14.1. The monoisotopic (exact) mass is 357 g/mol. The maximum Gasteiger partial charge on any atom is 0.255 e. The molecule has 0 bridgehead atoms. The van der Waals surface area contributed by atoms with Crippen LogP contribution in [0.25, 0.3) is 5.69 Å². The predicted molar refractivity (Wildman–Crippen MR) is 89.8 cm³/mol. The first-order valence-electron chi connectivity index (χ1n) is 7.66. The fraction of sp³-hybridized carbons (Fsp3) is 0.176. The third-order valence-electron chi connectivity index (χ3n) is 3.66. The first kappa shape index (κ1) is 17.3. The van der Waals surface area contributed by atoms with Crippen molar-refractivity contribution in [3.8, 4) is 17.2 Å². The molecular formula is C17H16FN5O3. The maximum atomic E-state index is 13.1. The molecule has 0 fully saturated rings. The highest BCUT2D eigenvalue weighted by molar-refractivity contribution is 5.97. The van der Waals surface area contributed by atoms with Crippen LogP contribution in [0.1, 0.15) is 16.2 Å². The lowest BCUT2D eigenvalue weighted by atomic mass is 10.1. The van der Waals surface area contributed by atoms with Crippen molar-refractivity contribution in [1.82, 2.24) is 25.5 Å². The quantitative estimate of drug-likeness (QED) is 0.723. The van der Waals surface area contributed by atoms with E-state index in [1.165, 1.54) is 31.0 Å². The molecule has 9 heteroatoms. The average molecular weight is 357 g/mol. The molecule has 1 aromatic heterocycles. The summed E-state index contributed by atoms with van der Waals surface area (Å²) in [6.45, 7) is 0.0730. The second-order valence-electron chi connectivity index (χ2n) is 5.21. The summed E-state index contributed by atoms with van der Waals surface area (Å²) in [6, 6.07) is 10.7. The number of nitrogens with one attached hydrogen (secondary N) is 1. The minimum Gasteiger partial charge on any atom is -0.493 e. The van der Waals surface area contributed by atoms with E-state index in [9.17, 15) is 9.18 Å². The molecule has 0 aliphatic carbocycles. The molecule has 0 saturated carbocycles. The average Bonchev–Trinajstić information content (AvgIpc) is 3.14. The zero-order valence-corrected chi connectivity index (χ0v) is 14.1. The van der Waals surface area contributed by atoms with Crippen molar-refractivity contribution in [3.05, 3.63) is 59.7 Å². The molecule has 1 amide bonds. The molecule has 1 N–H and O–H groups in total. The number of ether oxygens (including phenoxy) is 2. The number of methoxy groups -OCH3 is 2. The summed E-state index contributed by atoms with van der Waals surface area (Å²) in [4.78, 5) is 12.5. The highest BCUT2D eigenvalue weighted by atomic mass is 19.1. The number of aromatic nitrogens is 4. The highest BCUT2D eigenvalue weighted by Gasteiger charge is 2.17. The molecule has 8 nitrogen and oxygen atoms in total. The third-order valence-corrected chi connectivity index (χ3v) is 3.66. The van der Waals surface area contributed by atoms with Crippen LogP contribution in [-0.4, -0.2) is 40.3 Å². The van der Waals surface area contributed by atoms with Crippen molar-refractivity contribution < 1.29 is 18.7 Å². The van der Waals surface area contributed by atoms with Gasteiger partial charge >= 0.3 is 0 Å². The van der Waals surface area contributed by atoms with E-state index >= 15 is 0 Å². The smallest absolute Gasteiger partial charge is 0.255 e. The van der Waals surface area contributed by atoms with Gasteiger partial charge in [-0.3, -0.25) is 4.79 Å². The lowest BCUT2D eigenvalue weighted by molar-refractivity contribution is 0.0946. The maximum absolute atomic E-state index is 13.1. The van der Waals surface area contributed by atoms with Gasteiger partial charge in [0.1, 0.15) is 5.82 Å². The van der Waals surface area contributed by atoms with E-state index in [1.807, 2.05) is 0 Å². The van der Waals surface area contributed by atoms with Crippen molar-refractivity contribution >= 4 is 5.91 Å². The number of rotatable bonds is 6. The van der Waals surface area contributed by atoms with Crippen molar-refractivity contribution in [2.45, 2.75) is 6.54 Å². The van der Waals surface area contributed by atoms with Gasteiger partial charge in [-0.05, 0) is 46.8 Å². The van der Waals surface area contributed by atoms with Crippen LogP contribution in [0.15, 0.2) is 42.5 Å². The number of hydrogen-bond donors (Lipinski definition) is 1. The first-order valence-corrected chi connectivity index (χ1v) is 7.66. The molecule has 0 aliphatic rings. The van der Waals surface area contributed by atoms with Gasteiger partial charge in [0, 0.05) is 0 Å². The minimum atomic E-state index is -0.366. The van der Waals surface area contributed by atoms with Crippen LogP contribution in [0.5, 0.6) is 11.5 Å². The Morgan fingerprint density at radius 2 is 1.92 bits per heavy atom. The first-order chi connectivity index (χ1) is 12.6. The number of para-hydroxylation sites is 1. The molecule has 0 aliphatic heterocycles. The van der Waals surface area contributed by atoms with E-state index in [1.54, 1.807) is 30.3 Å². The Labute approximate surface area is 148 Å². The Morgan fingerprint density at radius 1 is 1.15 bits per heavy atom. The van der Waals surface area contributed by atoms with Gasteiger partial charge in [0.15, 0.2) is 17.3 Å². The molecule has 0 radical (unpaired) electrons. The normalized spacial score (nSPS) is 10.4. The largest absolute Gasteiger partial charge is 0.493 e. The van der Waals surface area contributed by atoms with Crippen LogP contribution in [0.4, 0.5) is 4.39 Å². The SMILES string of the molecule is COc1cccc(C(=O)NCc2nnnn2-c2ccc(F)cc2)c1OC. The van der Waals surface area contributed by atoms with E-state index < -0.39 is 0 Å². The van der Waals surface area contributed by atoms with E-state index in [4.69, 9.17) is 9.47 Å². The van der Waals surface area contributed by atoms with Gasteiger partial charge in [0.25, 0.3) is 5.91 Å². The molecule has 1 heterocycles. The summed E-state index contributed by atoms with van der Waals surface area (Å²) in [5.41, 5.74) is 0.910. The molecule has 0 unspecified atom stereocenters. The molecule has 26 heavy (non-hydrogen) atoms.